The molecule has 0 atom stereocenters. The van der Waals surface area contributed by atoms with Crippen molar-refractivity contribution >= 4 is 29.4 Å². The predicted molar refractivity (Wildman–Crippen MR) is 105 cm³/mol. The second-order valence-electron chi connectivity index (χ2n) is 6.64. The molecule has 1 saturated carbocycles. The molecule has 1 heterocycles. The van der Waals surface area contributed by atoms with Crippen LogP contribution in [0.1, 0.15) is 46.2 Å². The zero-order chi connectivity index (χ0) is 19.6. The van der Waals surface area contributed by atoms with Crippen molar-refractivity contribution in [3.8, 4) is 5.75 Å². The van der Waals surface area contributed by atoms with E-state index in [1.807, 2.05) is 6.92 Å². The normalized spacial score (nSPS) is 13.8. The molecule has 0 unspecified atom stereocenters. The number of ketones is 1. The second kappa shape index (κ2) is 8.01. The topological polar surface area (TPSA) is 57.5 Å². The van der Waals surface area contributed by atoms with Crippen LogP contribution in [0, 0.1) is 13.8 Å². The van der Waals surface area contributed by atoms with Gasteiger partial charge in [0.2, 0.25) is 0 Å². The first-order chi connectivity index (χ1) is 12.9. The molecule has 1 aliphatic rings. The number of aryl methyl sites for hydroxylation is 1. The van der Waals surface area contributed by atoms with Crippen molar-refractivity contribution in [1.82, 2.24) is 4.57 Å². The molecule has 0 saturated heterocycles. The maximum atomic E-state index is 12.2. The maximum Gasteiger partial charge on any atom is 0.331 e. The molecule has 1 aliphatic carbocycles. The Morgan fingerprint density at radius 2 is 2.00 bits per heavy atom. The number of esters is 1. The zero-order valence-electron chi connectivity index (χ0n) is 15.6. The predicted octanol–water partition coefficient (Wildman–Crippen LogP) is 4.54. The van der Waals surface area contributed by atoms with E-state index in [4.69, 9.17) is 21.1 Å². The fraction of sp³-hybridized carbons (Fsp3) is 0.333. The number of ether oxygens (including phenoxy) is 2. The summed E-state index contributed by atoms with van der Waals surface area (Å²) < 4.78 is 12.4. The molecule has 0 radical (unpaired) electrons. The van der Waals surface area contributed by atoms with E-state index >= 15 is 0 Å². The lowest BCUT2D eigenvalue weighted by Gasteiger charge is -2.06. The van der Waals surface area contributed by atoms with Gasteiger partial charge < -0.3 is 14.0 Å². The first kappa shape index (κ1) is 19.2. The molecule has 0 bridgehead atoms. The van der Waals surface area contributed by atoms with Crippen LogP contribution in [-0.4, -0.2) is 30.0 Å². The van der Waals surface area contributed by atoms with Crippen LogP contribution in [0.25, 0.3) is 6.08 Å². The van der Waals surface area contributed by atoms with Gasteiger partial charge in [-0.1, -0.05) is 11.6 Å². The highest BCUT2D eigenvalue weighted by Gasteiger charge is 2.26. The SMILES string of the molecule is COc1ccc(C(=O)COC(=O)/C=C/c2cc(C)n(C3CC3)c2C)cc1Cl. The van der Waals surface area contributed by atoms with Crippen LogP contribution in [0.15, 0.2) is 30.3 Å². The fourth-order valence-electron chi connectivity index (χ4n) is 3.13. The Balaban J connectivity index is 1.58. The van der Waals surface area contributed by atoms with Gasteiger partial charge in [-0.2, -0.15) is 0 Å². The third-order valence-electron chi connectivity index (χ3n) is 4.65. The van der Waals surface area contributed by atoms with Crippen molar-refractivity contribution in [2.45, 2.75) is 32.7 Å². The smallest absolute Gasteiger partial charge is 0.331 e. The molecule has 2 aromatic rings. The Morgan fingerprint density at radius 1 is 1.26 bits per heavy atom. The van der Waals surface area contributed by atoms with Crippen LogP contribution in [0.3, 0.4) is 0 Å². The number of hydrogen-bond acceptors (Lipinski definition) is 4. The first-order valence-electron chi connectivity index (χ1n) is 8.80. The lowest BCUT2D eigenvalue weighted by molar-refractivity contribution is -0.136. The van der Waals surface area contributed by atoms with Gasteiger partial charge in [0.25, 0.3) is 0 Å². The summed E-state index contributed by atoms with van der Waals surface area (Å²) in [6, 6.07) is 7.34. The minimum atomic E-state index is -0.556. The van der Waals surface area contributed by atoms with Crippen LogP contribution >= 0.6 is 11.6 Å². The van der Waals surface area contributed by atoms with Crippen molar-refractivity contribution in [1.29, 1.82) is 0 Å². The summed E-state index contributed by atoms with van der Waals surface area (Å²) in [6.07, 6.45) is 5.50. The zero-order valence-corrected chi connectivity index (χ0v) is 16.4. The Labute approximate surface area is 163 Å². The lowest BCUT2D eigenvalue weighted by Crippen LogP contribution is -2.12. The molecule has 3 rings (SSSR count). The van der Waals surface area contributed by atoms with Crippen molar-refractivity contribution < 1.29 is 19.1 Å². The number of carbonyl (C=O) groups excluding carboxylic acids is 2. The number of methoxy groups -OCH3 is 1. The van der Waals surface area contributed by atoms with E-state index in [-0.39, 0.29) is 12.4 Å². The van der Waals surface area contributed by atoms with Gasteiger partial charge >= 0.3 is 5.97 Å². The minimum absolute atomic E-state index is 0.326. The molecular weight excluding hydrogens is 366 g/mol. The molecule has 0 aliphatic heterocycles. The maximum absolute atomic E-state index is 12.2. The number of benzene rings is 1. The lowest BCUT2D eigenvalue weighted by atomic mass is 10.1. The number of Topliss-reactive ketones (excluding diaryl/α,β-unsaturated/α-hetero) is 1. The van der Waals surface area contributed by atoms with E-state index in [1.165, 1.54) is 37.8 Å². The summed E-state index contributed by atoms with van der Waals surface area (Å²) in [4.78, 5) is 24.1. The minimum Gasteiger partial charge on any atom is -0.495 e. The number of aromatic nitrogens is 1. The van der Waals surface area contributed by atoms with Gasteiger partial charge in [-0.25, -0.2) is 4.79 Å². The number of carbonyl (C=O) groups is 2. The van der Waals surface area contributed by atoms with E-state index in [0.717, 1.165) is 11.3 Å². The molecule has 6 heteroatoms. The molecule has 0 spiro atoms. The summed E-state index contributed by atoms with van der Waals surface area (Å²) in [5, 5.41) is 0.334. The van der Waals surface area contributed by atoms with Crippen LogP contribution in [-0.2, 0) is 9.53 Å². The average Bonchev–Trinajstić information content (AvgIpc) is 3.43. The highest BCUT2D eigenvalue weighted by molar-refractivity contribution is 6.32. The van der Waals surface area contributed by atoms with Crippen LogP contribution in [0.4, 0.5) is 0 Å². The molecule has 0 amide bonds. The van der Waals surface area contributed by atoms with Crippen LogP contribution in [0.2, 0.25) is 5.02 Å². The van der Waals surface area contributed by atoms with Gasteiger partial charge in [0.1, 0.15) is 5.75 Å². The van der Waals surface area contributed by atoms with E-state index in [9.17, 15) is 9.59 Å². The summed E-state index contributed by atoms with van der Waals surface area (Å²) in [7, 11) is 1.50. The van der Waals surface area contributed by atoms with Crippen LogP contribution < -0.4 is 4.74 Å². The van der Waals surface area contributed by atoms with E-state index in [0.29, 0.717) is 22.4 Å². The Kier molecular flexibility index (Phi) is 5.71. The van der Waals surface area contributed by atoms with E-state index in [2.05, 4.69) is 17.6 Å². The average molecular weight is 388 g/mol. The highest BCUT2D eigenvalue weighted by atomic mass is 35.5. The number of halogens is 1. The third-order valence-corrected chi connectivity index (χ3v) is 4.95. The molecule has 1 aromatic carbocycles. The van der Waals surface area contributed by atoms with Crippen LogP contribution in [0.5, 0.6) is 5.75 Å². The summed E-state index contributed by atoms with van der Waals surface area (Å²) in [6.45, 7) is 3.78. The molecule has 1 fully saturated rings. The van der Waals surface area contributed by atoms with E-state index < -0.39 is 5.97 Å². The van der Waals surface area contributed by atoms with Gasteiger partial charge in [0, 0.05) is 29.1 Å². The van der Waals surface area contributed by atoms with Crippen molar-refractivity contribution in [3.05, 3.63) is 57.9 Å². The van der Waals surface area contributed by atoms with Gasteiger partial charge in [-0.05, 0) is 62.6 Å². The largest absolute Gasteiger partial charge is 0.495 e. The van der Waals surface area contributed by atoms with Gasteiger partial charge in [-0.15, -0.1) is 0 Å². The quantitative estimate of drug-likeness (QED) is 0.397. The summed E-state index contributed by atoms with van der Waals surface area (Å²) in [5.74, 6) is -0.399. The highest BCUT2D eigenvalue weighted by Crippen LogP contribution is 2.38. The molecule has 1 aromatic heterocycles. The monoisotopic (exact) mass is 387 g/mol. The van der Waals surface area contributed by atoms with Crippen molar-refractivity contribution in [2.75, 3.05) is 13.7 Å². The van der Waals surface area contributed by atoms with Crippen molar-refractivity contribution in [3.63, 3.8) is 0 Å². The Hall–Kier alpha value is -2.53. The first-order valence-corrected chi connectivity index (χ1v) is 9.18. The van der Waals surface area contributed by atoms with Gasteiger partial charge in [-0.3, -0.25) is 4.79 Å². The third kappa shape index (κ3) is 4.42. The van der Waals surface area contributed by atoms with E-state index in [1.54, 1.807) is 18.2 Å². The number of rotatable bonds is 7. The number of nitrogens with zero attached hydrogens (tertiary/aromatic N) is 1. The Morgan fingerprint density at radius 3 is 2.63 bits per heavy atom. The molecule has 142 valence electrons. The molecule has 0 N–H and O–H groups in total. The second-order valence-corrected chi connectivity index (χ2v) is 7.05. The standard InChI is InChI=1S/C21H22ClNO4/c1-13-10-15(14(2)23(13)17-6-7-17)5-9-21(25)27-12-19(24)16-4-8-20(26-3)18(22)11-16/h4-5,8-11,17H,6-7,12H2,1-3H3/b9-5+. The Bertz CT molecular complexity index is 909. The summed E-state index contributed by atoms with van der Waals surface area (Å²) >= 11 is 6.01. The molecule has 5 nitrogen and oxygen atoms in total. The molecular formula is C21H22ClNO4. The van der Waals surface area contributed by atoms with Crippen molar-refractivity contribution in [2.24, 2.45) is 0 Å². The molecule has 27 heavy (non-hydrogen) atoms. The number of hydrogen-bond donors (Lipinski definition) is 0. The summed E-state index contributed by atoms with van der Waals surface area (Å²) in [5.41, 5.74) is 3.69. The van der Waals surface area contributed by atoms with Gasteiger partial charge in [0.15, 0.2) is 12.4 Å². The van der Waals surface area contributed by atoms with Gasteiger partial charge in [0.05, 0.1) is 12.1 Å². The fourth-order valence-corrected chi connectivity index (χ4v) is 3.39.